The molecule has 2 unspecified atom stereocenters. The van der Waals surface area contributed by atoms with E-state index in [0.717, 1.165) is 0 Å². The maximum atomic E-state index is 13.9. The quantitative estimate of drug-likeness (QED) is 0.499. The Morgan fingerprint density at radius 2 is 1.48 bits per heavy atom. The van der Waals surface area contributed by atoms with E-state index in [9.17, 15) is 40.3 Å². The van der Waals surface area contributed by atoms with Crippen LogP contribution in [0.2, 0.25) is 0 Å². The molecule has 0 saturated heterocycles. The minimum absolute atomic E-state index is 0.217. The van der Waals surface area contributed by atoms with Crippen molar-refractivity contribution in [2.24, 2.45) is 5.92 Å². The smallest absolute Gasteiger partial charge is 0.459 e. The van der Waals surface area contributed by atoms with Gasteiger partial charge in [-0.15, -0.1) is 0 Å². The molecule has 0 fully saturated rings. The van der Waals surface area contributed by atoms with Crippen molar-refractivity contribution in [1.29, 1.82) is 0 Å². The summed E-state index contributed by atoms with van der Waals surface area (Å²) < 4.78 is 101. The Labute approximate surface area is 151 Å². The molecular formula is C15H22F7NO4. The highest BCUT2D eigenvalue weighted by Gasteiger charge is 2.75. The van der Waals surface area contributed by atoms with Gasteiger partial charge in [0.05, 0.1) is 12.5 Å². The lowest BCUT2D eigenvalue weighted by atomic mass is 9.90. The minimum Gasteiger partial charge on any atom is -0.464 e. The number of alkyl carbamates (subject to hydrolysis) is 1. The number of amides is 1. The molecule has 0 rings (SSSR count). The summed E-state index contributed by atoms with van der Waals surface area (Å²) >= 11 is 0. The van der Waals surface area contributed by atoms with Gasteiger partial charge in [-0.2, -0.15) is 30.7 Å². The van der Waals surface area contributed by atoms with Crippen molar-refractivity contribution in [3.05, 3.63) is 0 Å². The number of rotatable bonds is 7. The molecule has 12 heteroatoms. The van der Waals surface area contributed by atoms with Crippen LogP contribution in [0.3, 0.4) is 0 Å². The van der Waals surface area contributed by atoms with Crippen LogP contribution in [0.5, 0.6) is 0 Å². The van der Waals surface area contributed by atoms with Crippen LogP contribution in [-0.4, -0.2) is 48.3 Å². The highest BCUT2D eigenvalue weighted by molar-refractivity contribution is 5.82. The molecule has 2 atom stereocenters. The molecule has 0 bridgehead atoms. The summed E-state index contributed by atoms with van der Waals surface area (Å²) in [6.07, 6.45) is -7.82. The number of ether oxygens (including phenoxy) is 2. The summed E-state index contributed by atoms with van der Waals surface area (Å²) in [5.74, 6) is -16.7. The average molecular weight is 413 g/mol. The fraction of sp³-hybridized carbons (Fsp3) is 0.867. The third-order valence-corrected chi connectivity index (χ3v) is 3.22. The molecule has 1 amide bonds. The highest BCUT2D eigenvalue weighted by Crippen LogP contribution is 2.50. The molecule has 0 aliphatic carbocycles. The average Bonchev–Trinajstić information content (AvgIpc) is 2.46. The van der Waals surface area contributed by atoms with E-state index in [4.69, 9.17) is 4.74 Å². The van der Waals surface area contributed by atoms with Gasteiger partial charge in [0.2, 0.25) is 0 Å². The molecule has 0 aromatic rings. The van der Waals surface area contributed by atoms with Gasteiger partial charge >= 0.3 is 30.1 Å². The fourth-order valence-electron chi connectivity index (χ4n) is 1.80. The molecule has 0 aromatic carbocycles. The van der Waals surface area contributed by atoms with E-state index in [0.29, 0.717) is 0 Å². The Bertz CT molecular complexity index is 529. The van der Waals surface area contributed by atoms with Crippen LogP contribution < -0.4 is 5.32 Å². The van der Waals surface area contributed by atoms with E-state index in [1.165, 1.54) is 27.7 Å². The number of nitrogens with one attached hydrogen (secondary N) is 1. The van der Waals surface area contributed by atoms with Gasteiger partial charge in [0.15, 0.2) is 0 Å². The van der Waals surface area contributed by atoms with E-state index in [1.807, 2.05) is 0 Å². The van der Waals surface area contributed by atoms with Crippen LogP contribution in [0.1, 0.15) is 41.0 Å². The summed E-state index contributed by atoms with van der Waals surface area (Å²) in [6.45, 7) is 5.63. The van der Waals surface area contributed by atoms with Crippen molar-refractivity contribution in [1.82, 2.24) is 5.32 Å². The van der Waals surface area contributed by atoms with Crippen LogP contribution >= 0.6 is 0 Å². The van der Waals surface area contributed by atoms with Crippen molar-refractivity contribution >= 4 is 12.1 Å². The lowest BCUT2D eigenvalue weighted by Gasteiger charge is -2.35. The second-order valence-electron chi connectivity index (χ2n) is 6.78. The standard InChI is InChI=1S/C15H22F7NO4/c1-6-7-26-10(24)9(23-11(25)27-12(3,4)5)8(2)13(16,17)14(18,19)15(20,21)22/h8-9H,6-7H2,1-5H3,(H,23,25). The van der Waals surface area contributed by atoms with E-state index in [2.05, 4.69) is 4.74 Å². The van der Waals surface area contributed by atoms with Gasteiger partial charge in [-0.25, -0.2) is 9.59 Å². The van der Waals surface area contributed by atoms with Gasteiger partial charge in [0.25, 0.3) is 0 Å². The van der Waals surface area contributed by atoms with Crippen molar-refractivity contribution < 1.29 is 49.8 Å². The Morgan fingerprint density at radius 3 is 1.85 bits per heavy atom. The van der Waals surface area contributed by atoms with Crippen LogP contribution in [0.15, 0.2) is 0 Å². The molecule has 0 spiro atoms. The lowest BCUT2D eigenvalue weighted by Crippen LogP contribution is -2.61. The van der Waals surface area contributed by atoms with Crippen LogP contribution in [0, 0.1) is 5.92 Å². The maximum absolute atomic E-state index is 13.9. The number of carbonyl (C=O) groups excluding carboxylic acids is 2. The zero-order valence-electron chi connectivity index (χ0n) is 15.3. The van der Waals surface area contributed by atoms with Gasteiger partial charge in [-0.3, -0.25) is 0 Å². The number of halogens is 7. The second-order valence-corrected chi connectivity index (χ2v) is 6.78. The lowest BCUT2D eigenvalue weighted by molar-refractivity contribution is -0.365. The third-order valence-electron chi connectivity index (χ3n) is 3.22. The van der Waals surface area contributed by atoms with Crippen LogP contribution in [0.25, 0.3) is 0 Å². The number of hydrogen-bond acceptors (Lipinski definition) is 4. The molecule has 0 aliphatic heterocycles. The predicted octanol–water partition coefficient (Wildman–Crippen LogP) is 4.30. The van der Waals surface area contributed by atoms with Gasteiger partial charge < -0.3 is 14.8 Å². The number of carbonyl (C=O) groups is 2. The van der Waals surface area contributed by atoms with Gasteiger partial charge in [0.1, 0.15) is 11.6 Å². The van der Waals surface area contributed by atoms with Crippen LogP contribution in [-0.2, 0) is 14.3 Å². The van der Waals surface area contributed by atoms with Gasteiger partial charge in [-0.1, -0.05) is 13.8 Å². The van der Waals surface area contributed by atoms with Crippen molar-refractivity contribution in [3.63, 3.8) is 0 Å². The first-order chi connectivity index (χ1) is 11.9. The zero-order chi connectivity index (χ0) is 21.8. The Kier molecular flexibility index (Phi) is 7.96. The van der Waals surface area contributed by atoms with Crippen molar-refractivity contribution in [2.45, 2.75) is 70.7 Å². The van der Waals surface area contributed by atoms with E-state index < -0.39 is 47.6 Å². The molecular weight excluding hydrogens is 391 g/mol. The summed E-state index contributed by atoms with van der Waals surface area (Å²) in [5.41, 5.74) is -1.15. The van der Waals surface area contributed by atoms with Crippen LogP contribution in [0.4, 0.5) is 35.5 Å². The molecule has 0 radical (unpaired) electrons. The topological polar surface area (TPSA) is 64.6 Å². The maximum Gasteiger partial charge on any atom is 0.459 e. The Balaban J connectivity index is 5.77. The fourth-order valence-corrected chi connectivity index (χ4v) is 1.80. The molecule has 160 valence electrons. The monoisotopic (exact) mass is 413 g/mol. The van der Waals surface area contributed by atoms with Gasteiger partial charge in [-0.05, 0) is 27.2 Å². The van der Waals surface area contributed by atoms with E-state index >= 15 is 0 Å². The SMILES string of the molecule is CCCOC(=O)C(NC(=O)OC(C)(C)C)C(C)C(F)(F)C(F)(F)C(F)(F)F. The van der Waals surface area contributed by atoms with Gasteiger partial charge in [0, 0.05) is 0 Å². The Morgan fingerprint density at radius 1 is 1.00 bits per heavy atom. The Hall–Kier alpha value is -1.75. The molecule has 0 heterocycles. The second kappa shape index (κ2) is 8.51. The largest absolute Gasteiger partial charge is 0.464 e. The summed E-state index contributed by atoms with van der Waals surface area (Å²) in [6, 6.07) is -2.50. The first-order valence-corrected chi connectivity index (χ1v) is 7.87. The minimum atomic E-state index is -6.57. The first-order valence-electron chi connectivity index (χ1n) is 7.87. The molecule has 1 N–H and O–H groups in total. The zero-order valence-corrected chi connectivity index (χ0v) is 15.3. The summed E-state index contributed by atoms with van der Waals surface area (Å²) in [5, 5.41) is 1.60. The molecule has 5 nitrogen and oxygen atoms in total. The third kappa shape index (κ3) is 6.42. The molecule has 0 aromatic heterocycles. The summed E-state index contributed by atoms with van der Waals surface area (Å²) in [7, 11) is 0. The molecule has 27 heavy (non-hydrogen) atoms. The highest BCUT2D eigenvalue weighted by atomic mass is 19.4. The number of alkyl halides is 7. The number of hydrogen-bond donors (Lipinski definition) is 1. The predicted molar refractivity (Wildman–Crippen MR) is 79.5 cm³/mol. The van der Waals surface area contributed by atoms with E-state index in [1.54, 1.807) is 5.32 Å². The molecule has 0 aliphatic rings. The first kappa shape index (κ1) is 25.2. The number of esters is 1. The summed E-state index contributed by atoms with van der Waals surface area (Å²) in [4.78, 5) is 23.6. The normalized spacial score (nSPS) is 15.7. The van der Waals surface area contributed by atoms with Crippen molar-refractivity contribution in [2.75, 3.05) is 6.61 Å². The van der Waals surface area contributed by atoms with Crippen molar-refractivity contribution in [3.8, 4) is 0 Å². The molecule has 0 saturated carbocycles. The van der Waals surface area contributed by atoms with E-state index in [-0.39, 0.29) is 20.0 Å².